The molecule has 0 heterocycles. The van der Waals surface area contributed by atoms with Crippen molar-refractivity contribution >= 4 is 23.6 Å². The van der Waals surface area contributed by atoms with Crippen LogP contribution in [0.1, 0.15) is 32.8 Å². The van der Waals surface area contributed by atoms with E-state index in [4.69, 9.17) is 14.7 Å². The van der Waals surface area contributed by atoms with E-state index in [1.54, 1.807) is 32.0 Å². The van der Waals surface area contributed by atoms with Gasteiger partial charge in [-0.25, -0.2) is 9.59 Å². The number of benzene rings is 2. The monoisotopic (exact) mass is 395 g/mol. The average Bonchev–Trinajstić information content (AvgIpc) is 2.68. The van der Waals surface area contributed by atoms with Crippen molar-refractivity contribution in [3.63, 3.8) is 0 Å². The van der Waals surface area contributed by atoms with Gasteiger partial charge in [0.05, 0.1) is 18.6 Å². The Morgan fingerprint density at radius 3 is 2.52 bits per heavy atom. The number of rotatable bonds is 7. The number of carbonyl (C=O) groups is 2. The van der Waals surface area contributed by atoms with Crippen molar-refractivity contribution in [3.8, 4) is 11.8 Å². The Bertz CT molecular complexity index is 872. The molecule has 7 nitrogen and oxygen atoms in total. The van der Waals surface area contributed by atoms with Crippen LogP contribution in [0.25, 0.3) is 0 Å². The summed E-state index contributed by atoms with van der Waals surface area (Å²) < 4.78 is 10.5. The minimum Gasteiger partial charge on any atom is -0.447 e. The van der Waals surface area contributed by atoms with Crippen molar-refractivity contribution < 1.29 is 19.1 Å². The number of amides is 2. The van der Waals surface area contributed by atoms with E-state index in [1.165, 1.54) is 11.0 Å². The summed E-state index contributed by atoms with van der Waals surface area (Å²) in [5, 5.41) is 11.5. The third-order valence-corrected chi connectivity index (χ3v) is 3.95. The summed E-state index contributed by atoms with van der Waals surface area (Å²) in [4.78, 5) is 25.9. The molecule has 0 bridgehead atoms. The lowest BCUT2D eigenvalue weighted by molar-refractivity contribution is 0.130. The van der Waals surface area contributed by atoms with Crippen LogP contribution in [0.2, 0.25) is 0 Å². The molecule has 0 aromatic heterocycles. The van der Waals surface area contributed by atoms with Crippen LogP contribution in [0, 0.1) is 11.3 Å². The first-order chi connectivity index (χ1) is 13.9. The lowest BCUT2D eigenvalue weighted by Crippen LogP contribution is -2.34. The number of hydrogen-bond acceptors (Lipinski definition) is 5. The zero-order chi connectivity index (χ0) is 21.2. The van der Waals surface area contributed by atoms with E-state index in [0.717, 1.165) is 12.0 Å². The molecular formula is C22H25N3O4. The Morgan fingerprint density at radius 2 is 1.90 bits per heavy atom. The number of anilines is 2. The van der Waals surface area contributed by atoms with Gasteiger partial charge in [-0.2, -0.15) is 5.26 Å². The van der Waals surface area contributed by atoms with E-state index in [0.29, 0.717) is 11.4 Å². The molecule has 2 aromatic carbocycles. The van der Waals surface area contributed by atoms with Gasteiger partial charge in [-0.15, -0.1) is 0 Å². The molecule has 0 spiro atoms. The predicted octanol–water partition coefficient (Wildman–Crippen LogP) is 5.12. The Kier molecular flexibility index (Phi) is 8.04. The lowest BCUT2D eigenvalue weighted by Gasteiger charge is -2.21. The molecule has 7 heteroatoms. The SMILES string of the molecule is CCc1ccc(N(CCC#N)C(=O)Oc2cccc(NC(=O)OC(C)C)c2)cc1. The van der Waals surface area contributed by atoms with Crippen molar-refractivity contribution in [1.29, 1.82) is 5.26 Å². The molecule has 2 aromatic rings. The third kappa shape index (κ3) is 6.85. The number of aryl methyl sites for hydroxylation is 1. The Morgan fingerprint density at radius 1 is 1.17 bits per heavy atom. The highest BCUT2D eigenvalue weighted by Crippen LogP contribution is 2.21. The average molecular weight is 395 g/mol. The van der Waals surface area contributed by atoms with Crippen molar-refractivity contribution in [2.24, 2.45) is 0 Å². The highest BCUT2D eigenvalue weighted by atomic mass is 16.6. The largest absolute Gasteiger partial charge is 0.447 e. The first-order valence-electron chi connectivity index (χ1n) is 9.46. The topological polar surface area (TPSA) is 91.7 Å². The van der Waals surface area contributed by atoms with Crippen LogP contribution < -0.4 is 15.0 Å². The number of ether oxygens (including phenoxy) is 2. The molecule has 0 saturated carbocycles. The maximum absolute atomic E-state index is 12.7. The van der Waals surface area contributed by atoms with E-state index in [1.807, 2.05) is 30.3 Å². The first-order valence-corrected chi connectivity index (χ1v) is 9.46. The molecule has 29 heavy (non-hydrogen) atoms. The highest BCUT2D eigenvalue weighted by molar-refractivity contribution is 5.90. The highest BCUT2D eigenvalue weighted by Gasteiger charge is 2.18. The number of nitrogens with zero attached hydrogens (tertiary/aromatic N) is 2. The van der Waals surface area contributed by atoms with Crippen LogP contribution >= 0.6 is 0 Å². The van der Waals surface area contributed by atoms with Crippen LogP contribution in [0.4, 0.5) is 21.0 Å². The van der Waals surface area contributed by atoms with E-state index < -0.39 is 12.2 Å². The molecule has 152 valence electrons. The van der Waals surface area contributed by atoms with Crippen LogP contribution in [0.3, 0.4) is 0 Å². The molecule has 0 atom stereocenters. The summed E-state index contributed by atoms with van der Waals surface area (Å²) in [5.41, 5.74) is 2.24. The summed E-state index contributed by atoms with van der Waals surface area (Å²) in [6.07, 6.45) is -0.375. The second kappa shape index (κ2) is 10.7. The molecule has 0 radical (unpaired) electrons. The van der Waals surface area contributed by atoms with Gasteiger partial charge in [-0.1, -0.05) is 25.1 Å². The van der Waals surface area contributed by atoms with Gasteiger partial charge >= 0.3 is 12.2 Å². The Balaban J connectivity index is 2.12. The molecule has 0 saturated heterocycles. The van der Waals surface area contributed by atoms with Gasteiger partial charge in [0.1, 0.15) is 5.75 Å². The Hall–Kier alpha value is -3.53. The van der Waals surface area contributed by atoms with Crippen LogP contribution in [-0.4, -0.2) is 24.8 Å². The molecule has 0 aliphatic heterocycles. The standard InChI is InChI=1S/C22H25N3O4/c1-4-17-9-11-19(12-10-17)25(14-6-13-23)22(27)29-20-8-5-7-18(15-20)24-21(26)28-16(2)3/h5,7-12,15-16H,4,6,14H2,1-3H3,(H,24,26). The zero-order valence-corrected chi connectivity index (χ0v) is 16.8. The van der Waals surface area contributed by atoms with Gasteiger partial charge < -0.3 is 9.47 Å². The van der Waals surface area contributed by atoms with Crippen LogP contribution in [-0.2, 0) is 11.2 Å². The Labute approximate surface area is 170 Å². The maximum Gasteiger partial charge on any atom is 0.419 e. The van der Waals surface area contributed by atoms with Gasteiger partial charge in [0.15, 0.2) is 0 Å². The van der Waals surface area contributed by atoms with E-state index >= 15 is 0 Å². The smallest absolute Gasteiger partial charge is 0.419 e. The van der Waals surface area contributed by atoms with E-state index in [-0.39, 0.29) is 24.8 Å². The zero-order valence-electron chi connectivity index (χ0n) is 16.8. The summed E-state index contributed by atoms with van der Waals surface area (Å²) in [6.45, 7) is 5.76. The summed E-state index contributed by atoms with van der Waals surface area (Å²) in [6, 6.07) is 16.0. The molecule has 1 N–H and O–H groups in total. The summed E-state index contributed by atoms with van der Waals surface area (Å²) in [7, 11) is 0. The van der Waals surface area contributed by atoms with Crippen molar-refractivity contribution in [2.45, 2.75) is 39.7 Å². The van der Waals surface area contributed by atoms with Gasteiger partial charge in [-0.05, 0) is 50.1 Å². The minimum absolute atomic E-state index is 0.174. The summed E-state index contributed by atoms with van der Waals surface area (Å²) in [5.74, 6) is 0.268. The van der Waals surface area contributed by atoms with Gasteiger partial charge in [0, 0.05) is 24.0 Å². The van der Waals surface area contributed by atoms with Gasteiger partial charge in [0.2, 0.25) is 0 Å². The second-order valence-corrected chi connectivity index (χ2v) is 6.55. The number of hydrogen-bond donors (Lipinski definition) is 1. The first kappa shape index (κ1) is 21.8. The fraction of sp³-hybridized carbons (Fsp3) is 0.318. The molecular weight excluding hydrogens is 370 g/mol. The fourth-order valence-corrected chi connectivity index (χ4v) is 2.55. The van der Waals surface area contributed by atoms with Crippen molar-refractivity contribution in [1.82, 2.24) is 0 Å². The maximum atomic E-state index is 12.7. The second-order valence-electron chi connectivity index (χ2n) is 6.55. The van der Waals surface area contributed by atoms with Gasteiger partial charge in [0.25, 0.3) is 0 Å². The normalized spacial score (nSPS) is 10.2. The van der Waals surface area contributed by atoms with Crippen molar-refractivity contribution in [2.75, 3.05) is 16.8 Å². The molecule has 0 unspecified atom stereocenters. The third-order valence-electron chi connectivity index (χ3n) is 3.95. The molecule has 0 fully saturated rings. The predicted molar refractivity (Wildman–Crippen MR) is 111 cm³/mol. The van der Waals surface area contributed by atoms with E-state index in [2.05, 4.69) is 12.2 Å². The molecule has 2 amide bonds. The van der Waals surface area contributed by atoms with E-state index in [9.17, 15) is 9.59 Å². The van der Waals surface area contributed by atoms with Crippen LogP contribution in [0.5, 0.6) is 5.75 Å². The number of nitrogens with one attached hydrogen (secondary N) is 1. The lowest BCUT2D eigenvalue weighted by atomic mass is 10.1. The minimum atomic E-state index is -0.605. The quantitative estimate of drug-likeness (QED) is 0.702. The molecule has 0 aliphatic rings. The fourth-order valence-electron chi connectivity index (χ4n) is 2.55. The number of carbonyl (C=O) groups excluding carboxylic acids is 2. The van der Waals surface area contributed by atoms with Crippen LogP contribution in [0.15, 0.2) is 48.5 Å². The molecule has 2 rings (SSSR count). The number of nitriles is 1. The molecule has 0 aliphatic carbocycles. The summed E-state index contributed by atoms with van der Waals surface area (Å²) >= 11 is 0. The van der Waals surface area contributed by atoms with Gasteiger partial charge in [-0.3, -0.25) is 10.2 Å². The van der Waals surface area contributed by atoms with Crippen molar-refractivity contribution in [3.05, 3.63) is 54.1 Å².